The Kier molecular flexibility index (Phi) is 5.71. The summed E-state index contributed by atoms with van der Waals surface area (Å²) < 4.78 is 27.0. The molecular formula is C20H25F2N3O. The van der Waals surface area contributed by atoms with Crippen LogP contribution in [0.25, 0.3) is 0 Å². The van der Waals surface area contributed by atoms with Gasteiger partial charge in [0.1, 0.15) is 0 Å². The molecule has 1 atom stereocenters. The number of hydrogen-bond acceptors (Lipinski definition) is 2. The number of carbonyl (C=O) groups is 1. The Labute approximate surface area is 152 Å². The van der Waals surface area contributed by atoms with Crippen LogP contribution in [0, 0.1) is 0 Å². The van der Waals surface area contributed by atoms with Gasteiger partial charge in [-0.15, -0.1) is 0 Å². The van der Waals surface area contributed by atoms with Crippen LogP contribution in [0.3, 0.4) is 0 Å². The molecule has 1 aliphatic carbocycles. The molecule has 0 radical (unpaired) electrons. The van der Waals surface area contributed by atoms with Crippen molar-refractivity contribution in [2.45, 2.75) is 58.0 Å². The molecule has 3 rings (SSSR count). The minimum absolute atomic E-state index is 0.203. The fourth-order valence-corrected chi connectivity index (χ4v) is 3.53. The lowest BCUT2D eigenvalue weighted by molar-refractivity contribution is 0.102. The number of carbonyl (C=O) groups excluding carboxylic acids is 1. The molecule has 0 bridgehead atoms. The number of halogens is 2. The Morgan fingerprint density at radius 3 is 2.88 bits per heavy atom. The molecule has 3 N–H and O–H groups in total. The average Bonchev–Trinajstić information content (AvgIpc) is 2.97. The molecule has 4 nitrogen and oxygen atoms in total. The SMILES string of the molecule is CCCc1cc(C(=O)Nc2ccc3c(c2)CCC(N)C3)cn1CC(F)F. The van der Waals surface area contributed by atoms with Crippen molar-refractivity contribution < 1.29 is 13.6 Å². The first-order valence-electron chi connectivity index (χ1n) is 9.12. The Morgan fingerprint density at radius 2 is 2.15 bits per heavy atom. The van der Waals surface area contributed by atoms with E-state index in [4.69, 9.17) is 5.73 Å². The molecule has 26 heavy (non-hydrogen) atoms. The van der Waals surface area contributed by atoms with Gasteiger partial charge in [0.2, 0.25) is 0 Å². The molecule has 1 unspecified atom stereocenters. The number of nitrogens with one attached hydrogen (secondary N) is 1. The molecule has 0 saturated heterocycles. The normalized spacial score (nSPS) is 16.6. The van der Waals surface area contributed by atoms with Crippen molar-refractivity contribution in [1.29, 1.82) is 0 Å². The van der Waals surface area contributed by atoms with E-state index in [1.165, 1.54) is 21.9 Å². The van der Waals surface area contributed by atoms with Crippen LogP contribution < -0.4 is 11.1 Å². The molecule has 6 heteroatoms. The van der Waals surface area contributed by atoms with Crippen LogP contribution in [-0.2, 0) is 25.8 Å². The second kappa shape index (κ2) is 7.99. The highest BCUT2D eigenvalue weighted by Gasteiger charge is 2.18. The highest BCUT2D eigenvalue weighted by atomic mass is 19.3. The number of hydrogen-bond donors (Lipinski definition) is 2. The van der Waals surface area contributed by atoms with E-state index in [2.05, 4.69) is 5.32 Å². The topological polar surface area (TPSA) is 60.1 Å². The first-order valence-corrected chi connectivity index (χ1v) is 9.12. The Morgan fingerprint density at radius 1 is 1.35 bits per heavy atom. The molecular weight excluding hydrogens is 336 g/mol. The van der Waals surface area contributed by atoms with Crippen molar-refractivity contribution in [3.63, 3.8) is 0 Å². The van der Waals surface area contributed by atoms with Crippen molar-refractivity contribution in [3.05, 3.63) is 52.8 Å². The number of aromatic nitrogens is 1. The molecule has 0 saturated carbocycles. The molecule has 1 aromatic carbocycles. The van der Waals surface area contributed by atoms with E-state index in [9.17, 15) is 13.6 Å². The van der Waals surface area contributed by atoms with Crippen molar-refractivity contribution in [3.8, 4) is 0 Å². The van der Waals surface area contributed by atoms with E-state index >= 15 is 0 Å². The fourth-order valence-electron chi connectivity index (χ4n) is 3.53. The van der Waals surface area contributed by atoms with Crippen molar-refractivity contribution in [1.82, 2.24) is 4.57 Å². The predicted molar refractivity (Wildman–Crippen MR) is 98.8 cm³/mol. The summed E-state index contributed by atoms with van der Waals surface area (Å²) in [5.41, 5.74) is 10.3. The maximum absolute atomic E-state index is 12.8. The van der Waals surface area contributed by atoms with Crippen LogP contribution in [0.4, 0.5) is 14.5 Å². The van der Waals surface area contributed by atoms with Gasteiger partial charge in [0, 0.05) is 23.6 Å². The molecule has 0 aliphatic heterocycles. The molecule has 0 spiro atoms. The average molecular weight is 361 g/mol. The van der Waals surface area contributed by atoms with Crippen LogP contribution in [0.1, 0.15) is 46.9 Å². The van der Waals surface area contributed by atoms with Crippen LogP contribution in [0.5, 0.6) is 0 Å². The van der Waals surface area contributed by atoms with Gasteiger partial charge < -0.3 is 15.6 Å². The van der Waals surface area contributed by atoms with E-state index in [0.29, 0.717) is 12.0 Å². The summed E-state index contributed by atoms with van der Waals surface area (Å²) >= 11 is 0. The number of amides is 1. The number of alkyl halides is 2. The largest absolute Gasteiger partial charge is 0.345 e. The zero-order valence-corrected chi connectivity index (χ0v) is 15.0. The molecule has 0 fully saturated rings. The van der Waals surface area contributed by atoms with Gasteiger partial charge in [-0.05, 0) is 55.0 Å². The zero-order valence-electron chi connectivity index (χ0n) is 15.0. The minimum atomic E-state index is -2.44. The summed E-state index contributed by atoms with van der Waals surface area (Å²) in [5, 5.41) is 2.88. The highest BCUT2D eigenvalue weighted by molar-refractivity contribution is 6.04. The Balaban J connectivity index is 1.75. The number of anilines is 1. The summed E-state index contributed by atoms with van der Waals surface area (Å²) in [7, 11) is 0. The first kappa shape index (κ1) is 18.6. The number of rotatable bonds is 6. The molecule has 1 aliphatic rings. The number of benzene rings is 1. The lowest BCUT2D eigenvalue weighted by Crippen LogP contribution is -2.27. The van der Waals surface area contributed by atoms with Gasteiger partial charge in [-0.1, -0.05) is 19.4 Å². The van der Waals surface area contributed by atoms with Gasteiger partial charge in [0.25, 0.3) is 12.3 Å². The van der Waals surface area contributed by atoms with Crippen LogP contribution >= 0.6 is 0 Å². The van der Waals surface area contributed by atoms with E-state index in [1.54, 1.807) is 6.07 Å². The quantitative estimate of drug-likeness (QED) is 0.823. The standard InChI is InChI=1S/C20H25F2N3O/c1-2-3-18-10-15(11-25(18)12-19(21)22)20(26)24-17-7-5-13-8-16(23)6-4-14(13)9-17/h5,7,9-11,16,19H,2-4,6,8,12,23H2,1H3,(H,24,26). The van der Waals surface area contributed by atoms with Gasteiger partial charge in [0.15, 0.2) is 0 Å². The van der Waals surface area contributed by atoms with Crippen molar-refractivity contribution in [2.24, 2.45) is 5.73 Å². The Bertz CT molecular complexity index is 785. The van der Waals surface area contributed by atoms with Crippen LogP contribution in [0.15, 0.2) is 30.5 Å². The van der Waals surface area contributed by atoms with Crippen molar-refractivity contribution in [2.75, 3.05) is 5.32 Å². The van der Waals surface area contributed by atoms with Crippen LogP contribution in [-0.4, -0.2) is 22.9 Å². The fraction of sp³-hybridized carbons (Fsp3) is 0.450. The first-order chi connectivity index (χ1) is 12.5. The minimum Gasteiger partial charge on any atom is -0.345 e. The van der Waals surface area contributed by atoms with Gasteiger partial charge in [-0.2, -0.15) is 0 Å². The third-order valence-corrected chi connectivity index (χ3v) is 4.82. The zero-order chi connectivity index (χ0) is 18.7. The molecule has 1 aromatic heterocycles. The van der Waals surface area contributed by atoms with E-state index in [-0.39, 0.29) is 18.5 Å². The van der Waals surface area contributed by atoms with Crippen LogP contribution in [0.2, 0.25) is 0 Å². The smallest absolute Gasteiger partial charge is 0.257 e. The monoisotopic (exact) mass is 361 g/mol. The summed E-state index contributed by atoms with van der Waals surface area (Å²) in [5.74, 6) is -0.275. The second-order valence-corrected chi connectivity index (χ2v) is 6.95. The third kappa shape index (κ3) is 4.30. The number of nitrogens with two attached hydrogens (primary N) is 1. The lowest BCUT2D eigenvalue weighted by Gasteiger charge is -2.22. The molecule has 1 amide bonds. The predicted octanol–water partition coefficient (Wildman–Crippen LogP) is 3.77. The maximum Gasteiger partial charge on any atom is 0.257 e. The van der Waals surface area contributed by atoms with Gasteiger partial charge in [0.05, 0.1) is 12.1 Å². The molecule has 1 heterocycles. The van der Waals surface area contributed by atoms with E-state index < -0.39 is 6.43 Å². The molecule has 2 aromatic rings. The van der Waals surface area contributed by atoms with E-state index in [1.807, 2.05) is 25.1 Å². The number of fused-ring (bicyclic) bond motifs is 1. The summed E-state index contributed by atoms with van der Waals surface area (Å²) in [4.78, 5) is 12.6. The summed E-state index contributed by atoms with van der Waals surface area (Å²) in [6.45, 7) is 1.60. The molecule has 140 valence electrons. The lowest BCUT2D eigenvalue weighted by atomic mass is 9.88. The van der Waals surface area contributed by atoms with Gasteiger partial charge in [-0.3, -0.25) is 4.79 Å². The van der Waals surface area contributed by atoms with E-state index in [0.717, 1.165) is 37.1 Å². The summed E-state index contributed by atoms with van der Waals surface area (Å²) in [6.07, 6.45) is 3.29. The number of nitrogens with zero attached hydrogens (tertiary/aromatic N) is 1. The summed E-state index contributed by atoms with van der Waals surface area (Å²) in [6, 6.07) is 7.78. The van der Waals surface area contributed by atoms with Crippen molar-refractivity contribution >= 4 is 11.6 Å². The third-order valence-electron chi connectivity index (χ3n) is 4.82. The van der Waals surface area contributed by atoms with Gasteiger partial charge >= 0.3 is 0 Å². The second-order valence-electron chi connectivity index (χ2n) is 6.95. The Hall–Kier alpha value is -2.21. The van der Waals surface area contributed by atoms with Gasteiger partial charge in [-0.25, -0.2) is 8.78 Å². The maximum atomic E-state index is 12.8. The number of aryl methyl sites for hydroxylation is 2. The highest BCUT2D eigenvalue weighted by Crippen LogP contribution is 2.24.